The van der Waals surface area contributed by atoms with Crippen LogP contribution in [-0.2, 0) is 21.4 Å². The molecule has 2 heterocycles. The third-order valence-electron chi connectivity index (χ3n) is 5.34. The molecule has 154 valence electrons. The average molecular weight is 453 g/mol. The fraction of sp³-hybridized carbons (Fsp3) is 0.350. The number of sulfonamides is 1. The Morgan fingerprint density at radius 2 is 1.79 bits per heavy atom. The zero-order chi connectivity index (χ0) is 20.6. The van der Waals surface area contributed by atoms with Gasteiger partial charge in [0, 0.05) is 29.6 Å². The highest BCUT2D eigenvalue weighted by Gasteiger charge is 2.38. The van der Waals surface area contributed by atoms with Crippen LogP contribution in [0.2, 0.25) is 5.02 Å². The summed E-state index contributed by atoms with van der Waals surface area (Å²) in [5.74, 6) is 0. The Morgan fingerprint density at radius 1 is 1.10 bits per heavy atom. The van der Waals surface area contributed by atoms with Gasteiger partial charge in [-0.3, -0.25) is 4.90 Å². The molecule has 9 heteroatoms. The van der Waals surface area contributed by atoms with Crippen LogP contribution in [0.5, 0.6) is 0 Å². The zero-order valence-corrected chi connectivity index (χ0v) is 18.3. The monoisotopic (exact) mass is 452 g/mol. The van der Waals surface area contributed by atoms with Gasteiger partial charge in [-0.15, -0.1) is 11.8 Å². The number of amides is 1. The van der Waals surface area contributed by atoms with Crippen LogP contribution in [0.25, 0.3) is 0 Å². The van der Waals surface area contributed by atoms with E-state index in [2.05, 4.69) is 0 Å². The SMILES string of the molecule is CSc1ccc(S(=O)(=O)N2CCC(N3C(=O)OCc4cccc(Cl)c43)CC2)cc1. The summed E-state index contributed by atoms with van der Waals surface area (Å²) in [7, 11) is -3.56. The number of nitrogens with zero attached hydrogens (tertiary/aromatic N) is 2. The van der Waals surface area contributed by atoms with E-state index in [1.165, 1.54) is 4.31 Å². The van der Waals surface area contributed by atoms with Gasteiger partial charge in [0.05, 0.1) is 15.6 Å². The number of carbonyl (C=O) groups excluding carboxylic acids is 1. The van der Waals surface area contributed by atoms with Gasteiger partial charge in [-0.1, -0.05) is 23.7 Å². The summed E-state index contributed by atoms with van der Waals surface area (Å²) >= 11 is 7.94. The predicted molar refractivity (Wildman–Crippen MR) is 114 cm³/mol. The smallest absolute Gasteiger partial charge is 0.414 e. The van der Waals surface area contributed by atoms with Crippen LogP contribution in [0.3, 0.4) is 0 Å². The first-order valence-corrected chi connectivity index (χ1v) is 12.3. The molecule has 0 aromatic heterocycles. The Balaban J connectivity index is 1.52. The van der Waals surface area contributed by atoms with Crippen molar-refractivity contribution in [1.82, 2.24) is 4.31 Å². The van der Waals surface area contributed by atoms with Crippen molar-refractivity contribution in [2.24, 2.45) is 0 Å². The van der Waals surface area contributed by atoms with Gasteiger partial charge >= 0.3 is 6.09 Å². The number of fused-ring (bicyclic) bond motifs is 1. The maximum atomic E-state index is 13.0. The summed E-state index contributed by atoms with van der Waals surface area (Å²) in [5.41, 5.74) is 1.54. The van der Waals surface area contributed by atoms with Crippen molar-refractivity contribution in [2.45, 2.75) is 35.3 Å². The summed E-state index contributed by atoms with van der Waals surface area (Å²) in [5, 5.41) is 0.503. The number of cyclic esters (lactones) is 1. The molecule has 0 aliphatic carbocycles. The van der Waals surface area contributed by atoms with E-state index in [0.717, 1.165) is 10.5 Å². The predicted octanol–water partition coefficient (Wildman–Crippen LogP) is 4.37. The maximum Gasteiger partial charge on any atom is 0.414 e. The molecule has 0 spiro atoms. The molecule has 29 heavy (non-hydrogen) atoms. The molecule has 2 aliphatic rings. The Hall–Kier alpha value is -1.74. The molecule has 0 bridgehead atoms. The number of piperidine rings is 1. The van der Waals surface area contributed by atoms with Crippen molar-refractivity contribution in [2.75, 3.05) is 24.2 Å². The second kappa shape index (κ2) is 8.18. The molecule has 2 aliphatic heterocycles. The summed E-state index contributed by atoms with van der Waals surface area (Å²) in [6.45, 7) is 0.867. The van der Waals surface area contributed by atoms with Gasteiger partial charge in [-0.05, 0) is 49.4 Å². The standard InChI is InChI=1S/C20H21ClN2O4S2/c1-28-16-5-7-17(8-6-16)29(25,26)22-11-9-15(10-12-22)23-19-14(13-27-20(23)24)3-2-4-18(19)21/h2-8,15H,9-13H2,1H3. The number of carbonyl (C=O) groups is 1. The summed E-state index contributed by atoms with van der Waals surface area (Å²) < 4.78 is 32.8. The van der Waals surface area contributed by atoms with Gasteiger partial charge in [0.15, 0.2) is 0 Å². The Labute approximate surface area is 179 Å². The quantitative estimate of drug-likeness (QED) is 0.644. The molecule has 0 saturated carbocycles. The first-order chi connectivity index (χ1) is 13.9. The second-order valence-electron chi connectivity index (χ2n) is 6.98. The minimum absolute atomic E-state index is 0.160. The molecule has 1 amide bonds. The third kappa shape index (κ3) is 3.86. The maximum absolute atomic E-state index is 13.0. The van der Waals surface area contributed by atoms with Gasteiger partial charge in [-0.25, -0.2) is 13.2 Å². The normalized spacial score (nSPS) is 18.4. The molecule has 1 fully saturated rings. The van der Waals surface area contributed by atoms with E-state index in [4.69, 9.17) is 16.3 Å². The highest BCUT2D eigenvalue weighted by Crippen LogP contribution is 2.38. The highest BCUT2D eigenvalue weighted by atomic mass is 35.5. The molecule has 2 aromatic rings. The Kier molecular flexibility index (Phi) is 5.79. The summed E-state index contributed by atoms with van der Waals surface area (Å²) in [6.07, 6.45) is 2.55. The molecular weight excluding hydrogens is 432 g/mol. The van der Waals surface area contributed by atoms with E-state index in [1.807, 2.05) is 30.5 Å². The van der Waals surface area contributed by atoms with Gasteiger partial charge < -0.3 is 4.74 Å². The minimum atomic E-state index is -3.56. The van der Waals surface area contributed by atoms with Crippen LogP contribution in [0.4, 0.5) is 10.5 Å². The van der Waals surface area contributed by atoms with Crippen molar-refractivity contribution in [3.05, 3.63) is 53.1 Å². The number of anilines is 1. The van der Waals surface area contributed by atoms with Crippen molar-refractivity contribution in [1.29, 1.82) is 0 Å². The van der Waals surface area contributed by atoms with E-state index in [-0.39, 0.29) is 12.6 Å². The van der Waals surface area contributed by atoms with Crippen LogP contribution in [-0.4, -0.2) is 44.2 Å². The van der Waals surface area contributed by atoms with Crippen LogP contribution < -0.4 is 4.90 Å². The molecule has 4 rings (SSSR count). The van der Waals surface area contributed by atoms with Gasteiger partial charge in [-0.2, -0.15) is 4.31 Å². The summed E-state index contributed by atoms with van der Waals surface area (Å²) in [6, 6.07) is 12.2. The van der Waals surface area contributed by atoms with Crippen LogP contribution >= 0.6 is 23.4 Å². The number of rotatable bonds is 4. The lowest BCUT2D eigenvalue weighted by Crippen LogP contribution is -2.50. The number of hydrogen-bond acceptors (Lipinski definition) is 5. The molecule has 0 radical (unpaired) electrons. The van der Waals surface area contributed by atoms with E-state index < -0.39 is 16.1 Å². The number of hydrogen-bond donors (Lipinski definition) is 0. The fourth-order valence-electron chi connectivity index (χ4n) is 3.82. The van der Waals surface area contributed by atoms with E-state index in [9.17, 15) is 13.2 Å². The first kappa shape index (κ1) is 20.5. The van der Waals surface area contributed by atoms with Crippen molar-refractivity contribution in [3.63, 3.8) is 0 Å². The molecule has 0 atom stereocenters. The molecule has 0 N–H and O–H groups in total. The largest absolute Gasteiger partial charge is 0.444 e. The molecule has 0 unspecified atom stereocenters. The highest BCUT2D eigenvalue weighted by molar-refractivity contribution is 7.98. The van der Waals surface area contributed by atoms with Gasteiger partial charge in [0.2, 0.25) is 10.0 Å². The Bertz CT molecular complexity index is 1020. The van der Waals surface area contributed by atoms with E-state index in [0.29, 0.717) is 41.5 Å². The van der Waals surface area contributed by atoms with Gasteiger partial charge in [0.25, 0.3) is 0 Å². The minimum Gasteiger partial charge on any atom is -0.444 e. The van der Waals surface area contributed by atoms with E-state index >= 15 is 0 Å². The van der Waals surface area contributed by atoms with Crippen molar-refractivity contribution >= 4 is 45.2 Å². The lowest BCUT2D eigenvalue weighted by molar-refractivity contribution is 0.136. The number of ether oxygens (including phenoxy) is 1. The average Bonchev–Trinajstić information content (AvgIpc) is 2.74. The lowest BCUT2D eigenvalue weighted by atomic mass is 10.0. The number of thioether (sulfide) groups is 1. The molecule has 1 saturated heterocycles. The number of para-hydroxylation sites is 1. The van der Waals surface area contributed by atoms with E-state index in [1.54, 1.807) is 34.9 Å². The molecule has 2 aromatic carbocycles. The van der Waals surface area contributed by atoms with Crippen LogP contribution in [0, 0.1) is 0 Å². The topological polar surface area (TPSA) is 66.9 Å². The van der Waals surface area contributed by atoms with Gasteiger partial charge in [0.1, 0.15) is 6.61 Å². The number of benzene rings is 2. The first-order valence-electron chi connectivity index (χ1n) is 9.29. The molecule has 6 nitrogen and oxygen atoms in total. The van der Waals surface area contributed by atoms with Crippen molar-refractivity contribution < 1.29 is 17.9 Å². The number of halogens is 1. The van der Waals surface area contributed by atoms with Crippen LogP contribution in [0.15, 0.2) is 52.3 Å². The second-order valence-corrected chi connectivity index (χ2v) is 10.2. The van der Waals surface area contributed by atoms with Crippen molar-refractivity contribution in [3.8, 4) is 0 Å². The third-order valence-corrected chi connectivity index (χ3v) is 8.31. The van der Waals surface area contributed by atoms with Crippen LogP contribution in [0.1, 0.15) is 18.4 Å². The lowest BCUT2D eigenvalue weighted by Gasteiger charge is -2.40. The molecular formula is C20H21ClN2O4S2. The zero-order valence-electron chi connectivity index (χ0n) is 15.9. The fourth-order valence-corrected chi connectivity index (χ4v) is 5.98. The Morgan fingerprint density at radius 3 is 2.45 bits per heavy atom. The summed E-state index contributed by atoms with van der Waals surface area (Å²) in [4.78, 5) is 15.4.